The summed E-state index contributed by atoms with van der Waals surface area (Å²) in [5.41, 5.74) is 1.62. The lowest BCUT2D eigenvalue weighted by atomic mass is 10.1. The Labute approximate surface area is 113 Å². The van der Waals surface area contributed by atoms with Gasteiger partial charge in [-0.15, -0.1) is 11.6 Å². The van der Waals surface area contributed by atoms with Crippen molar-refractivity contribution in [1.82, 2.24) is 5.32 Å². The highest BCUT2D eigenvalue weighted by atomic mass is 35.5. The van der Waals surface area contributed by atoms with Gasteiger partial charge < -0.3 is 10.1 Å². The molecule has 1 amide bonds. The van der Waals surface area contributed by atoms with Crippen molar-refractivity contribution in [2.45, 2.75) is 32.1 Å². The summed E-state index contributed by atoms with van der Waals surface area (Å²) < 4.78 is 5.18. The van der Waals surface area contributed by atoms with Crippen LogP contribution in [0.3, 0.4) is 0 Å². The summed E-state index contributed by atoms with van der Waals surface area (Å²) in [7, 11) is 1.57. The van der Waals surface area contributed by atoms with E-state index in [0.717, 1.165) is 18.4 Å². The zero-order valence-corrected chi connectivity index (χ0v) is 11.9. The Morgan fingerprint density at radius 2 is 2.22 bits per heavy atom. The van der Waals surface area contributed by atoms with Crippen molar-refractivity contribution in [3.8, 4) is 5.75 Å². The van der Waals surface area contributed by atoms with E-state index in [1.54, 1.807) is 7.11 Å². The predicted molar refractivity (Wildman–Crippen MR) is 74.6 cm³/mol. The first-order chi connectivity index (χ1) is 8.54. The van der Waals surface area contributed by atoms with Gasteiger partial charge in [-0.1, -0.05) is 11.6 Å². The van der Waals surface area contributed by atoms with Crippen LogP contribution in [0.15, 0.2) is 18.2 Å². The molecule has 1 rings (SSSR count). The number of nitrogens with one attached hydrogen (secondary N) is 1. The third-order valence-electron chi connectivity index (χ3n) is 2.66. The lowest BCUT2D eigenvalue weighted by molar-refractivity contribution is 0.0950. The van der Waals surface area contributed by atoms with Crippen LogP contribution in [0.25, 0.3) is 0 Å². The maximum absolute atomic E-state index is 12.0. The second kappa shape index (κ2) is 7.27. The zero-order valence-electron chi connectivity index (χ0n) is 11.1. The van der Waals surface area contributed by atoms with Crippen LogP contribution in [0.1, 0.15) is 35.7 Å². The topological polar surface area (TPSA) is 38.3 Å². The van der Waals surface area contributed by atoms with Gasteiger partial charge in [-0.2, -0.15) is 0 Å². The Bertz CT molecular complexity index is 405. The molecule has 0 spiro atoms. The maximum Gasteiger partial charge on any atom is 0.255 e. The van der Waals surface area contributed by atoms with Gasteiger partial charge in [-0.3, -0.25) is 4.79 Å². The van der Waals surface area contributed by atoms with Crippen LogP contribution < -0.4 is 10.1 Å². The summed E-state index contributed by atoms with van der Waals surface area (Å²) in [5, 5.41) is 3.03. The fourth-order valence-electron chi connectivity index (χ4n) is 1.68. The number of ether oxygens (including phenoxy) is 1. The predicted octanol–water partition coefficient (Wildman–Crippen LogP) is 3.14. The molecule has 0 fully saturated rings. The van der Waals surface area contributed by atoms with Gasteiger partial charge in [0.25, 0.3) is 5.91 Å². The molecule has 0 radical (unpaired) electrons. The van der Waals surface area contributed by atoms with Crippen molar-refractivity contribution in [3.63, 3.8) is 0 Å². The number of methoxy groups -OCH3 is 1. The molecule has 0 saturated carbocycles. The third kappa shape index (κ3) is 4.57. The van der Waals surface area contributed by atoms with E-state index in [4.69, 9.17) is 16.3 Å². The minimum absolute atomic E-state index is 0.0993. The van der Waals surface area contributed by atoms with Crippen molar-refractivity contribution >= 4 is 17.5 Å². The number of aryl methyl sites for hydroxylation is 1. The number of carbonyl (C=O) groups is 1. The van der Waals surface area contributed by atoms with Gasteiger partial charge in [0, 0.05) is 11.9 Å². The lowest BCUT2D eigenvalue weighted by Gasteiger charge is -2.10. The standard InChI is InChI=1S/C14H20ClNO2/c1-10-6-7-13(18-3)12(9-10)14(17)16-8-4-5-11(2)15/h6-7,9,11H,4-5,8H2,1-3H3,(H,16,17). The van der Waals surface area contributed by atoms with Gasteiger partial charge in [0.1, 0.15) is 5.75 Å². The number of hydrogen-bond donors (Lipinski definition) is 1. The van der Waals surface area contributed by atoms with Crippen LogP contribution in [0.4, 0.5) is 0 Å². The summed E-state index contributed by atoms with van der Waals surface area (Å²) in [5.74, 6) is 0.501. The molecule has 18 heavy (non-hydrogen) atoms. The summed E-state index contributed by atoms with van der Waals surface area (Å²) in [6.45, 7) is 4.53. The average Bonchev–Trinajstić information content (AvgIpc) is 2.34. The van der Waals surface area contributed by atoms with E-state index < -0.39 is 0 Å². The number of halogens is 1. The molecule has 0 heterocycles. The molecule has 0 aliphatic heterocycles. The first-order valence-corrected chi connectivity index (χ1v) is 6.55. The quantitative estimate of drug-likeness (QED) is 0.636. The Balaban J connectivity index is 2.58. The molecule has 0 aliphatic rings. The minimum atomic E-state index is -0.0993. The van der Waals surface area contributed by atoms with Gasteiger partial charge in [0.2, 0.25) is 0 Å². The number of hydrogen-bond acceptors (Lipinski definition) is 2. The molecule has 0 bridgehead atoms. The monoisotopic (exact) mass is 269 g/mol. The molecule has 1 aromatic carbocycles. The average molecular weight is 270 g/mol. The summed E-state index contributed by atoms with van der Waals surface area (Å²) >= 11 is 5.85. The van der Waals surface area contributed by atoms with Crippen molar-refractivity contribution in [2.75, 3.05) is 13.7 Å². The summed E-state index contributed by atoms with van der Waals surface area (Å²) in [6.07, 6.45) is 1.78. The molecule has 1 N–H and O–H groups in total. The first kappa shape index (κ1) is 14.8. The van der Waals surface area contributed by atoms with Crippen LogP contribution in [0, 0.1) is 6.92 Å². The van der Waals surface area contributed by atoms with E-state index in [0.29, 0.717) is 17.9 Å². The van der Waals surface area contributed by atoms with Crippen molar-refractivity contribution in [2.24, 2.45) is 0 Å². The molecular formula is C14H20ClNO2. The largest absolute Gasteiger partial charge is 0.496 e. The van der Waals surface area contributed by atoms with E-state index in [1.807, 2.05) is 32.0 Å². The number of amides is 1. The van der Waals surface area contributed by atoms with Gasteiger partial charge in [0.15, 0.2) is 0 Å². The first-order valence-electron chi connectivity index (χ1n) is 6.11. The van der Waals surface area contributed by atoms with Crippen LogP contribution in [0.5, 0.6) is 5.75 Å². The SMILES string of the molecule is COc1ccc(C)cc1C(=O)NCCCC(C)Cl. The number of carbonyl (C=O) groups excluding carboxylic acids is 1. The molecule has 1 unspecified atom stereocenters. The van der Waals surface area contributed by atoms with E-state index in [2.05, 4.69) is 5.32 Å². The van der Waals surface area contributed by atoms with Crippen LogP contribution in [-0.2, 0) is 0 Å². The number of alkyl halides is 1. The molecule has 0 aliphatic carbocycles. The number of rotatable bonds is 6. The van der Waals surface area contributed by atoms with E-state index >= 15 is 0 Å². The fourth-order valence-corrected chi connectivity index (χ4v) is 1.83. The van der Waals surface area contributed by atoms with E-state index in [1.165, 1.54) is 0 Å². The van der Waals surface area contributed by atoms with Crippen molar-refractivity contribution in [1.29, 1.82) is 0 Å². The van der Waals surface area contributed by atoms with E-state index in [-0.39, 0.29) is 11.3 Å². The highest BCUT2D eigenvalue weighted by Crippen LogP contribution is 2.19. The van der Waals surface area contributed by atoms with Crippen LogP contribution in [0.2, 0.25) is 0 Å². The molecular weight excluding hydrogens is 250 g/mol. The molecule has 100 valence electrons. The molecule has 1 aromatic rings. The lowest BCUT2D eigenvalue weighted by Crippen LogP contribution is -2.25. The van der Waals surface area contributed by atoms with Gasteiger partial charge >= 0.3 is 0 Å². The Kier molecular flexibility index (Phi) is 5.99. The van der Waals surface area contributed by atoms with Gasteiger partial charge in [-0.25, -0.2) is 0 Å². The highest BCUT2D eigenvalue weighted by molar-refractivity contribution is 6.20. The second-order valence-electron chi connectivity index (χ2n) is 4.38. The van der Waals surface area contributed by atoms with Crippen LogP contribution >= 0.6 is 11.6 Å². The fraction of sp³-hybridized carbons (Fsp3) is 0.500. The maximum atomic E-state index is 12.0. The molecule has 0 saturated heterocycles. The van der Waals surface area contributed by atoms with Crippen molar-refractivity contribution < 1.29 is 9.53 Å². The summed E-state index contributed by atoms with van der Waals surface area (Å²) in [6, 6.07) is 5.56. The van der Waals surface area contributed by atoms with E-state index in [9.17, 15) is 4.79 Å². The smallest absolute Gasteiger partial charge is 0.255 e. The Hall–Kier alpha value is -1.22. The molecule has 3 nitrogen and oxygen atoms in total. The molecule has 4 heteroatoms. The Morgan fingerprint density at radius 3 is 2.83 bits per heavy atom. The van der Waals surface area contributed by atoms with Gasteiger partial charge in [-0.05, 0) is 38.8 Å². The molecule has 0 aromatic heterocycles. The highest BCUT2D eigenvalue weighted by Gasteiger charge is 2.11. The second-order valence-corrected chi connectivity index (χ2v) is 5.13. The van der Waals surface area contributed by atoms with Crippen LogP contribution in [-0.4, -0.2) is 24.9 Å². The minimum Gasteiger partial charge on any atom is -0.496 e. The number of benzene rings is 1. The normalized spacial score (nSPS) is 12.0. The molecule has 1 atom stereocenters. The van der Waals surface area contributed by atoms with Crippen molar-refractivity contribution in [3.05, 3.63) is 29.3 Å². The zero-order chi connectivity index (χ0) is 13.5. The summed E-state index contributed by atoms with van der Waals surface area (Å²) in [4.78, 5) is 12.0. The third-order valence-corrected chi connectivity index (χ3v) is 2.88. The van der Waals surface area contributed by atoms with Gasteiger partial charge in [0.05, 0.1) is 12.7 Å². The Morgan fingerprint density at radius 1 is 1.50 bits per heavy atom.